The Bertz CT molecular complexity index is 659. The van der Waals surface area contributed by atoms with Crippen LogP contribution in [0, 0.1) is 0 Å². The third-order valence-electron chi connectivity index (χ3n) is 3.65. The van der Waals surface area contributed by atoms with E-state index in [9.17, 15) is 14.4 Å². The smallest absolute Gasteiger partial charge is 0.339 e. The van der Waals surface area contributed by atoms with Gasteiger partial charge in [0, 0.05) is 18.7 Å². The number of hydrogen-bond acceptors (Lipinski definition) is 6. The number of rotatable bonds is 5. The molecule has 1 aliphatic rings. The molecule has 1 aromatic rings. The van der Waals surface area contributed by atoms with E-state index in [1.165, 1.54) is 6.21 Å². The van der Waals surface area contributed by atoms with Gasteiger partial charge >= 0.3 is 12.0 Å². The van der Waals surface area contributed by atoms with Crippen LogP contribution in [0.25, 0.3) is 0 Å². The van der Waals surface area contributed by atoms with Crippen LogP contribution >= 0.6 is 0 Å². The maximum absolute atomic E-state index is 12.4. The summed E-state index contributed by atoms with van der Waals surface area (Å²) >= 11 is 0. The van der Waals surface area contributed by atoms with Crippen molar-refractivity contribution >= 4 is 29.8 Å². The van der Waals surface area contributed by atoms with Crippen molar-refractivity contribution < 1.29 is 19.2 Å². The number of hydrazone groups is 1. The van der Waals surface area contributed by atoms with E-state index in [2.05, 4.69) is 15.3 Å². The molecule has 0 spiro atoms. The molecule has 134 valence electrons. The fourth-order valence-electron chi connectivity index (χ4n) is 2.44. The normalized spacial score (nSPS) is 16.9. The number of carbonyl (C=O) groups is 3. The summed E-state index contributed by atoms with van der Waals surface area (Å²) in [5, 5.41) is 5.94. The molecule has 0 saturated carbocycles. The second-order valence-electron chi connectivity index (χ2n) is 5.50. The molecule has 1 aromatic carbocycles. The molecule has 25 heavy (non-hydrogen) atoms. The van der Waals surface area contributed by atoms with Crippen molar-refractivity contribution in [3.05, 3.63) is 29.8 Å². The molecule has 4 N–H and O–H groups in total. The number of anilines is 1. The summed E-state index contributed by atoms with van der Waals surface area (Å²) in [5.74, 6) is 4.34. The minimum atomic E-state index is -0.723. The second kappa shape index (κ2) is 8.67. The molecule has 9 heteroatoms. The van der Waals surface area contributed by atoms with Crippen molar-refractivity contribution in [3.8, 4) is 0 Å². The van der Waals surface area contributed by atoms with Gasteiger partial charge in [0.2, 0.25) is 5.91 Å². The molecule has 0 radical (unpaired) electrons. The van der Waals surface area contributed by atoms with Crippen molar-refractivity contribution in [3.63, 3.8) is 0 Å². The van der Waals surface area contributed by atoms with Crippen molar-refractivity contribution in [1.29, 1.82) is 0 Å². The number of hydrogen-bond donors (Lipinski definition) is 3. The van der Waals surface area contributed by atoms with Crippen molar-refractivity contribution in [1.82, 2.24) is 10.8 Å². The number of nitrogens with zero attached hydrogens (tertiary/aromatic N) is 2. The molecule has 1 saturated heterocycles. The fourth-order valence-corrected chi connectivity index (χ4v) is 2.44. The molecule has 2 rings (SSSR count). The van der Waals surface area contributed by atoms with Crippen LogP contribution in [0.1, 0.15) is 31.7 Å². The topological polar surface area (TPSA) is 126 Å². The molecule has 1 aliphatic heterocycles. The number of amides is 3. The maximum Gasteiger partial charge on any atom is 0.348 e. The van der Waals surface area contributed by atoms with Gasteiger partial charge in [-0.05, 0) is 30.5 Å². The minimum Gasteiger partial charge on any atom is -0.339 e. The highest BCUT2D eigenvalue weighted by Crippen LogP contribution is 2.21. The summed E-state index contributed by atoms with van der Waals surface area (Å²) in [7, 11) is 0. The Morgan fingerprint density at radius 2 is 2.12 bits per heavy atom. The minimum absolute atomic E-state index is 0.210. The van der Waals surface area contributed by atoms with Gasteiger partial charge in [-0.15, -0.1) is 0 Å². The molecule has 1 heterocycles. The SMILES string of the molecule is CCCC(=O)ONC(=O)N[C@@H]1CCN(c2ccc(C=NN)cc2)C1=O. The van der Waals surface area contributed by atoms with Crippen molar-refractivity contribution in [2.24, 2.45) is 10.9 Å². The van der Waals surface area contributed by atoms with Gasteiger partial charge in [0.15, 0.2) is 0 Å². The first-order chi connectivity index (χ1) is 12.0. The van der Waals surface area contributed by atoms with Crippen LogP contribution in [0.2, 0.25) is 0 Å². The third-order valence-corrected chi connectivity index (χ3v) is 3.65. The molecule has 0 aliphatic carbocycles. The molecule has 1 atom stereocenters. The van der Waals surface area contributed by atoms with E-state index in [1.807, 2.05) is 12.4 Å². The molecule has 0 unspecified atom stereocenters. The van der Waals surface area contributed by atoms with E-state index in [4.69, 9.17) is 5.84 Å². The molecule has 0 bridgehead atoms. The van der Waals surface area contributed by atoms with Gasteiger partial charge in [0.05, 0.1) is 6.21 Å². The van der Waals surface area contributed by atoms with Crippen LogP contribution in [0.5, 0.6) is 0 Å². The fraction of sp³-hybridized carbons (Fsp3) is 0.375. The Kier molecular flexibility index (Phi) is 6.33. The first kappa shape index (κ1) is 18.2. The molecular weight excluding hydrogens is 326 g/mol. The first-order valence-corrected chi connectivity index (χ1v) is 7.96. The predicted molar refractivity (Wildman–Crippen MR) is 91.6 cm³/mol. The standard InChI is InChI=1S/C16H21N5O4/c1-2-3-14(22)25-20-16(24)19-13-8-9-21(15(13)23)12-6-4-11(5-7-12)10-18-17/h4-7,10,13H,2-3,8-9,17H2,1H3,(H2,19,20,24)/t13-/m1/s1. The van der Waals surface area contributed by atoms with Gasteiger partial charge in [-0.3, -0.25) is 4.79 Å². The number of nitrogens with two attached hydrogens (primary N) is 1. The second-order valence-corrected chi connectivity index (χ2v) is 5.50. The van der Waals surface area contributed by atoms with E-state index in [0.717, 1.165) is 11.3 Å². The van der Waals surface area contributed by atoms with Gasteiger partial charge in [0.25, 0.3) is 0 Å². The lowest BCUT2D eigenvalue weighted by Crippen LogP contribution is -2.46. The largest absolute Gasteiger partial charge is 0.348 e. The van der Waals surface area contributed by atoms with Gasteiger partial charge in [-0.1, -0.05) is 19.1 Å². The van der Waals surface area contributed by atoms with Crippen LogP contribution in [-0.4, -0.2) is 36.7 Å². The molecule has 1 fully saturated rings. The lowest BCUT2D eigenvalue weighted by molar-refractivity contribution is -0.148. The zero-order valence-corrected chi connectivity index (χ0v) is 13.9. The Labute approximate surface area is 145 Å². The Balaban J connectivity index is 1.88. The first-order valence-electron chi connectivity index (χ1n) is 7.96. The summed E-state index contributed by atoms with van der Waals surface area (Å²) in [6.45, 7) is 2.30. The highest BCUT2D eigenvalue weighted by Gasteiger charge is 2.33. The van der Waals surface area contributed by atoms with Crippen molar-refractivity contribution in [2.75, 3.05) is 11.4 Å². The number of benzene rings is 1. The maximum atomic E-state index is 12.4. The van der Waals surface area contributed by atoms with Crippen LogP contribution in [0.4, 0.5) is 10.5 Å². The van der Waals surface area contributed by atoms with Gasteiger partial charge in [-0.25, -0.2) is 9.59 Å². The van der Waals surface area contributed by atoms with Crippen LogP contribution in [0.3, 0.4) is 0 Å². The number of urea groups is 1. The molecule has 0 aromatic heterocycles. The Morgan fingerprint density at radius 1 is 1.40 bits per heavy atom. The van der Waals surface area contributed by atoms with E-state index in [0.29, 0.717) is 19.4 Å². The Hall–Kier alpha value is -3.10. The summed E-state index contributed by atoms with van der Waals surface area (Å²) in [4.78, 5) is 41.5. The zero-order valence-electron chi connectivity index (χ0n) is 13.9. The van der Waals surface area contributed by atoms with Crippen molar-refractivity contribution in [2.45, 2.75) is 32.2 Å². The number of nitrogens with one attached hydrogen (secondary N) is 2. The number of carbonyl (C=O) groups excluding carboxylic acids is 3. The van der Waals surface area contributed by atoms with Crippen LogP contribution < -0.4 is 21.5 Å². The lowest BCUT2D eigenvalue weighted by Gasteiger charge is -2.17. The van der Waals surface area contributed by atoms with Gasteiger partial charge < -0.3 is 20.9 Å². The summed E-state index contributed by atoms with van der Waals surface area (Å²) in [5.41, 5.74) is 3.53. The van der Waals surface area contributed by atoms with Crippen LogP contribution in [-0.2, 0) is 14.4 Å². The van der Waals surface area contributed by atoms with Crippen LogP contribution in [0.15, 0.2) is 29.4 Å². The zero-order chi connectivity index (χ0) is 18.2. The summed E-state index contributed by atoms with van der Waals surface area (Å²) in [6, 6.07) is 5.75. The van der Waals surface area contributed by atoms with E-state index < -0.39 is 18.0 Å². The average molecular weight is 347 g/mol. The molecule has 9 nitrogen and oxygen atoms in total. The lowest BCUT2D eigenvalue weighted by atomic mass is 10.2. The highest BCUT2D eigenvalue weighted by molar-refractivity contribution is 6.01. The quantitative estimate of drug-likeness (QED) is 0.409. The monoisotopic (exact) mass is 347 g/mol. The van der Waals surface area contributed by atoms with E-state index in [-0.39, 0.29) is 12.3 Å². The van der Waals surface area contributed by atoms with E-state index in [1.54, 1.807) is 29.2 Å². The number of hydroxylamine groups is 1. The van der Waals surface area contributed by atoms with Gasteiger partial charge in [-0.2, -0.15) is 10.6 Å². The molecular formula is C16H21N5O4. The summed E-state index contributed by atoms with van der Waals surface area (Å²) in [6.07, 6.45) is 2.79. The molecule has 3 amide bonds. The predicted octanol–water partition coefficient (Wildman–Crippen LogP) is 0.642. The average Bonchev–Trinajstić information content (AvgIpc) is 2.95. The summed E-state index contributed by atoms with van der Waals surface area (Å²) < 4.78 is 0. The third kappa shape index (κ3) is 4.93. The highest BCUT2D eigenvalue weighted by atomic mass is 16.7. The van der Waals surface area contributed by atoms with Gasteiger partial charge in [0.1, 0.15) is 6.04 Å². The Morgan fingerprint density at radius 3 is 2.76 bits per heavy atom. The van der Waals surface area contributed by atoms with E-state index >= 15 is 0 Å².